The fourth-order valence-corrected chi connectivity index (χ4v) is 6.43. The van der Waals surface area contributed by atoms with Gasteiger partial charge in [0.2, 0.25) is 23.6 Å². The van der Waals surface area contributed by atoms with Crippen LogP contribution in [0, 0.1) is 10.8 Å². The van der Waals surface area contributed by atoms with Crippen LogP contribution in [-0.2, 0) is 32.0 Å². The fourth-order valence-electron chi connectivity index (χ4n) is 6.18. The molecule has 0 fully saturated rings. The summed E-state index contributed by atoms with van der Waals surface area (Å²) in [5.41, 5.74) is 28.1. The molecule has 0 heterocycles. The third-order valence-corrected chi connectivity index (χ3v) is 9.90. The summed E-state index contributed by atoms with van der Waals surface area (Å²) in [6, 6.07) is 25.3. The summed E-state index contributed by atoms with van der Waals surface area (Å²) in [4.78, 5) is 53.9. The number of amides is 4. The third kappa shape index (κ3) is 15.3. The molecule has 15 nitrogen and oxygen atoms in total. The Labute approximate surface area is 353 Å². The van der Waals surface area contributed by atoms with Gasteiger partial charge in [0.05, 0.1) is 6.04 Å². The maximum absolute atomic E-state index is 14.1. The third-order valence-electron chi connectivity index (χ3n) is 9.39. The molecule has 59 heavy (non-hydrogen) atoms. The largest absolute Gasteiger partial charge is 0.370 e. The van der Waals surface area contributed by atoms with Crippen LogP contribution in [0.4, 0.5) is 0 Å². The van der Waals surface area contributed by atoms with Gasteiger partial charge in [-0.1, -0.05) is 96.0 Å². The summed E-state index contributed by atoms with van der Waals surface area (Å²) in [7, 11) is 0. The van der Waals surface area contributed by atoms with Crippen molar-refractivity contribution in [3.8, 4) is 22.3 Å². The predicted molar refractivity (Wildman–Crippen MR) is 232 cm³/mol. The Morgan fingerprint density at radius 1 is 0.508 bits per heavy atom. The molecule has 0 bridgehead atoms. The van der Waals surface area contributed by atoms with E-state index < -0.39 is 47.8 Å². The summed E-state index contributed by atoms with van der Waals surface area (Å²) in [6.45, 7) is 0.509. The molecule has 4 rings (SSSR count). The molecular weight excluding hydrogens is 793 g/mol. The van der Waals surface area contributed by atoms with Crippen molar-refractivity contribution in [3.63, 3.8) is 0 Å². The van der Waals surface area contributed by atoms with Crippen molar-refractivity contribution in [3.05, 3.63) is 118 Å². The van der Waals surface area contributed by atoms with Crippen LogP contribution in [-0.4, -0.2) is 72.8 Å². The molecule has 4 aromatic rings. The van der Waals surface area contributed by atoms with Gasteiger partial charge in [-0.15, -0.1) is 0 Å². The quantitative estimate of drug-likeness (QED) is 0.0334. The molecule has 4 aromatic carbocycles. The SMILES string of the molecule is N=C(N)NCCC[C@H](NC(=O)[C@H](Cc1ccc(-c2ccc(Cl)cc2)cc1)NC(=O)[C@H](CCCNC(=N)N)NC(=O)[C@@H](N)Cc1ccc(-c2ccc(Cl)cc2)cc1)C(N)=O. The Bertz CT molecular complexity index is 2050. The molecule has 0 radical (unpaired) electrons. The summed E-state index contributed by atoms with van der Waals surface area (Å²) in [6.07, 6.45) is 1.12. The van der Waals surface area contributed by atoms with Crippen LogP contribution >= 0.6 is 23.2 Å². The van der Waals surface area contributed by atoms with Crippen LogP contribution in [0.1, 0.15) is 36.8 Å². The van der Waals surface area contributed by atoms with Crippen molar-refractivity contribution in [1.29, 1.82) is 10.8 Å². The van der Waals surface area contributed by atoms with Crippen LogP contribution in [0.2, 0.25) is 10.0 Å². The van der Waals surface area contributed by atoms with Gasteiger partial charge in [0.25, 0.3) is 0 Å². The average Bonchev–Trinajstić information content (AvgIpc) is 3.20. The maximum atomic E-state index is 14.1. The Balaban J connectivity index is 1.52. The lowest BCUT2D eigenvalue weighted by Crippen LogP contribution is -2.58. The van der Waals surface area contributed by atoms with Crippen LogP contribution in [0.3, 0.4) is 0 Å². The van der Waals surface area contributed by atoms with E-state index in [2.05, 4.69) is 26.6 Å². The first-order valence-electron chi connectivity index (χ1n) is 19.0. The van der Waals surface area contributed by atoms with E-state index >= 15 is 0 Å². The smallest absolute Gasteiger partial charge is 0.243 e. The van der Waals surface area contributed by atoms with Gasteiger partial charge in [0.1, 0.15) is 18.1 Å². The highest BCUT2D eigenvalue weighted by Crippen LogP contribution is 2.24. The van der Waals surface area contributed by atoms with Crippen LogP contribution in [0.15, 0.2) is 97.1 Å². The molecule has 4 amide bonds. The number of guanidine groups is 2. The Morgan fingerprint density at radius 2 is 0.864 bits per heavy atom. The topological polar surface area (TPSA) is 280 Å². The average molecular weight is 845 g/mol. The van der Waals surface area contributed by atoms with Gasteiger partial charge in [-0.2, -0.15) is 0 Å². The number of rotatable bonds is 21. The number of nitrogens with two attached hydrogens (primary N) is 4. The lowest BCUT2D eigenvalue weighted by Gasteiger charge is -2.26. The van der Waals surface area contributed by atoms with Gasteiger partial charge in [-0.05, 0) is 89.8 Å². The second-order valence-electron chi connectivity index (χ2n) is 14.0. The fraction of sp³-hybridized carbons (Fsp3) is 0.286. The van der Waals surface area contributed by atoms with Gasteiger partial charge in [-0.3, -0.25) is 30.0 Å². The number of hydrogen-bond donors (Lipinski definition) is 11. The molecule has 0 saturated carbocycles. The zero-order chi connectivity index (χ0) is 42.9. The Morgan fingerprint density at radius 3 is 1.29 bits per heavy atom. The highest BCUT2D eigenvalue weighted by Gasteiger charge is 2.30. The number of primary amides is 1. The van der Waals surface area contributed by atoms with Crippen LogP contribution < -0.4 is 49.5 Å². The molecule has 15 N–H and O–H groups in total. The second kappa shape index (κ2) is 22.7. The number of benzene rings is 4. The van der Waals surface area contributed by atoms with E-state index in [4.69, 9.17) is 57.0 Å². The van der Waals surface area contributed by atoms with Gasteiger partial charge in [-0.25, -0.2) is 0 Å². The number of nitrogens with one attached hydrogen (secondary N) is 7. The molecule has 0 unspecified atom stereocenters. The van der Waals surface area contributed by atoms with Gasteiger partial charge in [0, 0.05) is 29.6 Å². The van der Waals surface area contributed by atoms with Crippen molar-refractivity contribution in [2.45, 2.75) is 62.7 Å². The molecule has 0 aliphatic rings. The minimum atomic E-state index is -1.20. The molecule has 312 valence electrons. The van der Waals surface area contributed by atoms with E-state index in [0.717, 1.165) is 27.8 Å². The molecule has 0 saturated heterocycles. The summed E-state index contributed by atoms with van der Waals surface area (Å²) < 4.78 is 0. The van der Waals surface area contributed by atoms with E-state index in [0.29, 0.717) is 28.5 Å². The summed E-state index contributed by atoms with van der Waals surface area (Å²) in [5, 5.41) is 29.6. The highest BCUT2D eigenvalue weighted by molar-refractivity contribution is 6.31. The lowest BCUT2D eigenvalue weighted by atomic mass is 9.99. The van der Waals surface area contributed by atoms with Crippen LogP contribution in [0.25, 0.3) is 22.3 Å². The van der Waals surface area contributed by atoms with Gasteiger partial charge >= 0.3 is 0 Å². The molecule has 0 aliphatic carbocycles. The van der Waals surface area contributed by atoms with E-state index in [1.165, 1.54) is 0 Å². The van der Waals surface area contributed by atoms with Gasteiger partial charge in [0.15, 0.2) is 11.9 Å². The zero-order valence-electron chi connectivity index (χ0n) is 32.4. The number of carbonyl (C=O) groups is 4. The van der Waals surface area contributed by atoms with E-state index in [1.54, 1.807) is 24.3 Å². The first-order chi connectivity index (χ1) is 28.2. The van der Waals surface area contributed by atoms with Crippen molar-refractivity contribution in [1.82, 2.24) is 26.6 Å². The minimum absolute atomic E-state index is 0.0218. The minimum Gasteiger partial charge on any atom is -0.370 e. The first-order valence-corrected chi connectivity index (χ1v) is 19.8. The van der Waals surface area contributed by atoms with Gasteiger partial charge < -0.3 is 49.5 Å². The molecule has 0 aliphatic heterocycles. The Hall–Kier alpha value is -6.16. The van der Waals surface area contributed by atoms with Crippen LogP contribution in [0.5, 0.6) is 0 Å². The summed E-state index contributed by atoms with van der Waals surface area (Å²) in [5.74, 6) is -3.20. The molecule has 4 atom stereocenters. The highest BCUT2D eigenvalue weighted by atomic mass is 35.5. The second-order valence-corrected chi connectivity index (χ2v) is 14.8. The lowest BCUT2D eigenvalue weighted by molar-refractivity contribution is -0.133. The monoisotopic (exact) mass is 843 g/mol. The van der Waals surface area contributed by atoms with Crippen molar-refractivity contribution in [2.75, 3.05) is 13.1 Å². The van der Waals surface area contributed by atoms with Crippen molar-refractivity contribution in [2.24, 2.45) is 22.9 Å². The normalized spacial score (nSPS) is 12.9. The maximum Gasteiger partial charge on any atom is 0.243 e. The van der Waals surface area contributed by atoms with E-state index in [1.807, 2.05) is 72.8 Å². The zero-order valence-corrected chi connectivity index (χ0v) is 33.9. The molecule has 0 spiro atoms. The van der Waals surface area contributed by atoms with E-state index in [-0.39, 0.29) is 50.7 Å². The first kappa shape index (κ1) is 45.5. The van der Waals surface area contributed by atoms with Crippen molar-refractivity contribution >= 4 is 58.7 Å². The number of hydrogen-bond acceptors (Lipinski definition) is 7. The van der Waals surface area contributed by atoms with E-state index in [9.17, 15) is 19.2 Å². The molecular formula is C42H51Cl2N11O4. The summed E-state index contributed by atoms with van der Waals surface area (Å²) >= 11 is 12.1. The standard InChI is InChI=1S/C42H51Cl2N11O4/c43-31-17-13-29(14-18-31)27-9-5-25(6-10-27)23-33(45)38(57)54-35(4-2-22-52-42(49)50)39(58)55-36(40(59)53-34(37(46)56)3-1-21-51-41(47)48)24-26-7-11-28(12-8-26)30-15-19-32(44)20-16-30/h5-20,33-36H,1-4,21-24,45H2,(H2,46,56)(H,53,59)(H,54,57)(H,55,58)(H4,47,48,51)(H4,49,50,52)/t33-,34-,35-,36-/m0/s1. The molecule has 0 aromatic heterocycles. The van der Waals surface area contributed by atoms with Crippen molar-refractivity contribution < 1.29 is 19.2 Å². The predicted octanol–water partition coefficient (Wildman–Crippen LogP) is 2.91. The number of halogens is 2. The number of carbonyl (C=O) groups excluding carboxylic acids is 4. The molecule has 17 heteroatoms. The Kier molecular flexibility index (Phi) is 17.5.